The number of carbonyl (C=O) groups is 1. The minimum atomic E-state index is -3.69. The van der Waals surface area contributed by atoms with Crippen molar-refractivity contribution in [1.82, 2.24) is 0 Å². The lowest BCUT2D eigenvalue weighted by atomic mass is 10.0. The van der Waals surface area contributed by atoms with E-state index in [1.54, 1.807) is 18.2 Å². The van der Waals surface area contributed by atoms with E-state index in [9.17, 15) is 13.2 Å². The first-order chi connectivity index (χ1) is 10.9. The summed E-state index contributed by atoms with van der Waals surface area (Å²) in [6.45, 7) is 0.411. The summed E-state index contributed by atoms with van der Waals surface area (Å²) < 4.78 is 27.2. The van der Waals surface area contributed by atoms with Gasteiger partial charge in [-0.15, -0.1) is 0 Å². The molecule has 0 saturated heterocycles. The number of hydrogen-bond donors (Lipinski definition) is 1. The molecule has 0 bridgehead atoms. The molecule has 120 valence electrons. The van der Waals surface area contributed by atoms with Gasteiger partial charge in [0.2, 0.25) is 5.91 Å². The number of nitrogens with zero attached hydrogens (tertiary/aromatic N) is 1. The van der Waals surface area contributed by atoms with Crippen LogP contribution in [0.2, 0.25) is 5.02 Å². The van der Waals surface area contributed by atoms with Gasteiger partial charge in [0.25, 0.3) is 10.0 Å². The number of primary amides is 1. The molecule has 5 nitrogen and oxygen atoms in total. The predicted octanol–water partition coefficient (Wildman–Crippen LogP) is 2.58. The third-order valence-electron chi connectivity index (χ3n) is 3.84. The average Bonchev–Trinajstić information content (AvgIpc) is 2.54. The largest absolute Gasteiger partial charge is 0.366 e. The van der Waals surface area contributed by atoms with E-state index in [0.29, 0.717) is 17.3 Å². The van der Waals surface area contributed by atoms with Gasteiger partial charge in [-0.2, -0.15) is 0 Å². The third kappa shape index (κ3) is 2.92. The Morgan fingerprint density at radius 1 is 1.13 bits per heavy atom. The summed E-state index contributed by atoms with van der Waals surface area (Å²) in [5.41, 5.74) is 7.02. The summed E-state index contributed by atoms with van der Waals surface area (Å²) in [4.78, 5) is 11.2. The number of amides is 1. The number of halogens is 1. The maximum Gasteiger partial charge on any atom is 0.264 e. The van der Waals surface area contributed by atoms with Crippen molar-refractivity contribution < 1.29 is 13.2 Å². The number of sulfonamides is 1. The van der Waals surface area contributed by atoms with Crippen LogP contribution in [0, 0.1) is 0 Å². The molecule has 23 heavy (non-hydrogen) atoms. The van der Waals surface area contributed by atoms with E-state index < -0.39 is 15.9 Å². The summed E-state index contributed by atoms with van der Waals surface area (Å²) in [7, 11) is -3.69. The number of hydrogen-bond acceptors (Lipinski definition) is 3. The molecule has 0 aliphatic carbocycles. The lowest BCUT2D eigenvalue weighted by Crippen LogP contribution is -2.35. The molecule has 0 fully saturated rings. The Bertz CT molecular complexity index is 863. The Labute approximate surface area is 139 Å². The predicted molar refractivity (Wildman–Crippen MR) is 89.3 cm³/mol. The zero-order chi connectivity index (χ0) is 16.6. The Morgan fingerprint density at radius 2 is 1.83 bits per heavy atom. The second-order valence-corrected chi connectivity index (χ2v) is 7.64. The summed E-state index contributed by atoms with van der Waals surface area (Å²) in [5, 5.41) is 0.591. The highest BCUT2D eigenvalue weighted by atomic mass is 35.5. The van der Waals surface area contributed by atoms with Gasteiger partial charge in [0.1, 0.15) is 0 Å². The molecule has 0 aromatic heterocycles. The molecule has 7 heteroatoms. The van der Waals surface area contributed by atoms with Crippen molar-refractivity contribution in [3.05, 3.63) is 58.6 Å². The fourth-order valence-corrected chi connectivity index (χ4v) is 4.43. The first-order valence-corrected chi connectivity index (χ1v) is 8.92. The number of benzene rings is 2. The topological polar surface area (TPSA) is 80.5 Å². The highest BCUT2D eigenvalue weighted by molar-refractivity contribution is 7.92. The van der Waals surface area contributed by atoms with Gasteiger partial charge in [-0.3, -0.25) is 9.10 Å². The van der Waals surface area contributed by atoms with Gasteiger partial charge in [-0.05, 0) is 60.9 Å². The van der Waals surface area contributed by atoms with Crippen molar-refractivity contribution in [1.29, 1.82) is 0 Å². The van der Waals surface area contributed by atoms with Gasteiger partial charge < -0.3 is 5.73 Å². The molecule has 0 atom stereocenters. The fraction of sp³-hybridized carbons (Fsp3) is 0.188. The fourth-order valence-electron chi connectivity index (χ4n) is 2.70. The van der Waals surface area contributed by atoms with Gasteiger partial charge in [0.15, 0.2) is 0 Å². The van der Waals surface area contributed by atoms with E-state index in [4.69, 9.17) is 17.3 Å². The number of rotatable bonds is 3. The highest BCUT2D eigenvalue weighted by Crippen LogP contribution is 2.33. The number of carbonyl (C=O) groups excluding carboxylic acids is 1. The van der Waals surface area contributed by atoms with E-state index >= 15 is 0 Å². The smallest absolute Gasteiger partial charge is 0.264 e. The zero-order valence-electron chi connectivity index (χ0n) is 12.2. The van der Waals surface area contributed by atoms with Crippen LogP contribution in [0.15, 0.2) is 47.4 Å². The van der Waals surface area contributed by atoms with Gasteiger partial charge >= 0.3 is 0 Å². The molecule has 1 heterocycles. The van der Waals surface area contributed by atoms with E-state index in [2.05, 4.69) is 0 Å². The minimum absolute atomic E-state index is 0.130. The molecule has 2 aromatic rings. The summed E-state index contributed by atoms with van der Waals surface area (Å²) in [5.74, 6) is -0.591. The molecule has 1 amide bonds. The second-order valence-electron chi connectivity index (χ2n) is 5.34. The van der Waals surface area contributed by atoms with E-state index in [0.717, 1.165) is 18.4 Å². The van der Waals surface area contributed by atoms with Crippen LogP contribution < -0.4 is 10.0 Å². The molecule has 0 spiro atoms. The SMILES string of the molecule is NC(=O)c1ccc(S(=O)(=O)N2CCCc3cc(Cl)ccc32)cc1. The van der Waals surface area contributed by atoms with Crippen molar-refractivity contribution in [3.8, 4) is 0 Å². The Kier molecular flexibility index (Phi) is 4.04. The highest BCUT2D eigenvalue weighted by Gasteiger charge is 2.29. The number of anilines is 1. The van der Waals surface area contributed by atoms with Crippen LogP contribution in [0.5, 0.6) is 0 Å². The average molecular weight is 351 g/mol. The summed E-state index contributed by atoms with van der Waals surface area (Å²) >= 11 is 5.99. The molecule has 1 aliphatic rings. The van der Waals surface area contributed by atoms with Crippen molar-refractivity contribution in [2.75, 3.05) is 10.8 Å². The van der Waals surface area contributed by atoms with Crippen LogP contribution in [-0.4, -0.2) is 20.9 Å². The first kappa shape index (κ1) is 15.8. The van der Waals surface area contributed by atoms with Crippen LogP contribution in [0.4, 0.5) is 5.69 Å². The number of nitrogens with two attached hydrogens (primary N) is 1. The van der Waals surface area contributed by atoms with Crippen molar-refractivity contribution in [3.63, 3.8) is 0 Å². The molecular formula is C16H15ClN2O3S. The van der Waals surface area contributed by atoms with Gasteiger partial charge in [-0.25, -0.2) is 8.42 Å². The van der Waals surface area contributed by atoms with Gasteiger partial charge in [0, 0.05) is 17.1 Å². The quantitative estimate of drug-likeness (QED) is 0.923. The molecule has 1 aliphatic heterocycles. The summed E-state index contributed by atoms with van der Waals surface area (Å²) in [6.07, 6.45) is 1.52. The molecule has 2 aromatic carbocycles. The van der Waals surface area contributed by atoms with Crippen LogP contribution >= 0.6 is 11.6 Å². The van der Waals surface area contributed by atoms with Crippen LogP contribution in [0.3, 0.4) is 0 Å². The molecule has 0 saturated carbocycles. The minimum Gasteiger partial charge on any atom is -0.366 e. The van der Waals surface area contributed by atoms with E-state index in [-0.39, 0.29) is 10.5 Å². The number of fused-ring (bicyclic) bond motifs is 1. The first-order valence-electron chi connectivity index (χ1n) is 7.10. The van der Waals surface area contributed by atoms with Crippen LogP contribution in [-0.2, 0) is 16.4 Å². The molecule has 2 N–H and O–H groups in total. The maximum absolute atomic E-state index is 12.9. The molecule has 3 rings (SSSR count). The van der Waals surface area contributed by atoms with Crippen molar-refractivity contribution in [2.24, 2.45) is 5.73 Å². The number of aryl methyl sites for hydroxylation is 1. The second kappa shape index (κ2) is 5.86. The molecule has 0 unspecified atom stereocenters. The lowest BCUT2D eigenvalue weighted by Gasteiger charge is -2.30. The molecular weight excluding hydrogens is 336 g/mol. The third-order valence-corrected chi connectivity index (χ3v) is 5.91. The van der Waals surface area contributed by atoms with Crippen LogP contribution in [0.25, 0.3) is 0 Å². The Balaban J connectivity index is 2.02. The summed E-state index contributed by atoms with van der Waals surface area (Å²) in [6, 6.07) is 10.9. The normalized spacial score (nSPS) is 14.4. The molecule has 0 radical (unpaired) electrons. The van der Waals surface area contributed by atoms with Crippen molar-refractivity contribution in [2.45, 2.75) is 17.7 Å². The Morgan fingerprint density at radius 3 is 2.48 bits per heavy atom. The Hall–Kier alpha value is -2.05. The maximum atomic E-state index is 12.9. The standard InChI is InChI=1S/C16H15ClN2O3S/c17-13-5-8-15-12(10-13)2-1-9-19(15)23(21,22)14-6-3-11(4-7-14)16(18)20/h3-8,10H,1-2,9H2,(H2,18,20). The van der Waals surface area contributed by atoms with Gasteiger partial charge in [-0.1, -0.05) is 11.6 Å². The van der Waals surface area contributed by atoms with Gasteiger partial charge in [0.05, 0.1) is 10.6 Å². The zero-order valence-corrected chi connectivity index (χ0v) is 13.8. The van der Waals surface area contributed by atoms with Crippen LogP contribution in [0.1, 0.15) is 22.3 Å². The van der Waals surface area contributed by atoms with Crippen molar-refractivity contribution >= 4 is 33.2 Å². The van der Waals surface area contributed by atoms with E-state index in [1.807, 2.05) is 0 Å². The van der Waals surface area contributed by atoms with E-state index in [1.165, 1.54) is 28.6 Å². The lowest BCUT2D eigenvalue weighted by molar-refractivity contribution is 0.1000. The monoisotopic (exact) mass is 350 g/mol.